The number of sulfonamides is 1. The Hall–Kier alpha value is -1.16. The fourth-order valence-corrected chi connectivity index (χ4v) is 6.07. The summed E-state index contributed by atoms with van der Waals surface area (Å²) in [6.45, 7) is 1.19. The van der Waals surface area contributed by atoms with E-state index in [-0.39, 0.29) is 43.9 Å². The van der Waals surface area contributed by atoms with Gasteiger partial charge in [-0.1, -0.05) is 12.1 Å². The highest BCUT2D eigenvalue weighted by atomic mass is 32.2. The average Bonchev–Trinajstić information content (AvgIpc) is 2.98. The van der Waals surface area contributed by atoms with E-state index in [4.69, 9.17) is 4.74 Å². The van der Waals surface area contributed by atoms with Gasteiger partial charge in [0.25, 0.3) is 0 Å². The van der Waals surface area contributed by atoms with Crippen molar-refractivity contribution in [2.75, 3.05) is 25.4 Å². The maximum atomic E-state index is 13.6. The highest BCUT2D eigenvalue weighted by molar-refractivity contribution is 7.89. The second-order valence-corrected chi connectivity index (χ2v) is 10.0. The van der Waals surface area contributed by atoms with E-state index in [0.29, 0.717) is 31.5 Å². The molecule has 2 heterocycles. The summed E-state index contributed by atoms with van der Waals surface area (Å²) in [6.07, 6.45) is 0.255. The molecule has 2 aliphatic heterocycles. The van der Waals surface area contributed by atoms with Gasteiger partial charge in [0.1, 0.15) is 5.82 Å². The Labute approximate surface area is 163 Å². The number of nitrogens with zero attached hydrogens (tertiary/aromatic N) is 2. The average molecular weight is 418 g/mol. The molecule has 4 rings (SSSR count). The molecule has 0 unspecified atom stereocenters. The van der Waals surface area contributed by atoms with E-state index < -0.39 is 27.8 Å². The van der Waals surface area contributed by atoms with Gasteiger partial charge in [0.15, 0.2) is 0 Å². The Balaban J connectivity index is 1.53. The summed E-state index contributed by atoms with van der Waals surface area (Å²) in [5.74, 6) is -3.11. The minimum atomic E-state index is -3.56. The quantitative estimate of drug-likeness (QED) is 0.757. The topological polar surface area (TPSA) is 49.9 Å². The van der Waals surface area contributed by atoms with Crippen LogP contribution in [0.3, 0.4) is 0 Å². The summed E-state index contributed by atoms with van der Waals surface area (Å²) >= 11 is 0. The Morgan fingerprint density at radius 2 is 1.93 bits per heavy atom. The molecule has 1 saturated carbocycles. The Morgan fingerprint density at radius 1 is 1.18 bits per heavy atom. The van der Waals surface area contributed by atoms with Crippen LogP contribution in [0.4, 0.5) is 13.2 Å². The second-order valence-electron chi connectivity index (χ2n) is 8.01. The molecular formula is C19H25F3N2O3S. The van der Waals surface area contributed by atoms with Crippen LogP contribution in [-0.2, 0) is 21.3 Å². The van der Waals surface area contributed by atoms with Crippen molar-refractivity contribution in [2.45, 2.75) is 56.3 Å². The molecule has 3 aliphatic rings. The molecule has 0 amide bonds. The molecule has 1 aliphatic carbocycles. The first-order valence-corrected chi connectivity index (χ1v) is 11.3. The van der Waals surface area contributed by atoms with E-state index >= 15 is 0 Å². The highest BCUT2D eigenvalue weighted by Gasteiger charge is 2.47. The van der Waals surface area contributed by atoms with Crippen molar-refractivity contribution in [1.29, 1.82) is 0 Å². The van der Waals surface area contributed by atoms with Gasteiger partial charge in [0.05, 0.1) is 24.5 Å². The Kier molecular flexibility index (Phi) is 5.45. The van der Waals surface area contributed by atoms with Crippen LogP contribution in [0.5, 0.6) is 0 Å². The molecule has 2 atom stereocenters. The highest BCUT2D eigenvalue weighted by Crippen LogP contribution is 2.37. The van der Waals surface area contributed by atoms with Crippen LogP contribution in [-0.4, -0.2) is 67.2 Å². The summed E-state index contributed by atoms with van der Waals surface area (Å²) in [5.41, 5.74) is 0.583. The van der Waals surface area contributed by atoms with Gasteiger partial charge in [-0.05, 0) is 30.5 Å². The molecule has 0 aromatic heterocycles. The van der Waals surface area contributed by atoms with Crippen molar-refractivity contribution in [1.82, 2.24) is 9.21 Å². The zero-order valence-corrected chi connectivity index (χ0v) is 16.4. The first kappa shape index (κ1) is 20.1. The number of halogens is 3. The molecule has 3 fully saturated rings. The number of likely N-dealkylation sites (tertiary alicyclic amines) is 1. The molecular weight excluding hydrogens is 393 g/mol. The Morgan fingerprint density at radius 3 is 2.64 bits per heavy atom. The van der Waals surface area contributed by atoms with Crippen LogP contribution in [0.15, 0.2) is 24.3 Å². The molecule has 0 bridgehead atoms. The van der Waals surface area contributed by atoms with Crippen LogP contribution in [0.2, 0.25) is 0 Å². The van der Waals surface area contributed by atoms with Crippen LogP contribution in [0.25, 0.3) is 0 Å². The van der Waals surface area contributed by atoms with Gasteiger partial charge < -0.3 is 4.74 Å². The maximum Gasteiger partial charge on any atom is 0.248 e. The second kappa shape index (κ2) is 7.59. The molecule has 0 radical (unpaired) electrons. The molecule has 0 N–H and O–H groups in total. The van der Waals surface area contributed by atoms with Gasteiger partial charge in [-0.2, -0.15) is 4.31 Å². The summed E-state index contributed by atoms with van der Waals surface area (Å²) < 4.78 is 73.5. The molecule has 9 heteroatoms. The van der Waals surface area contributed by atoms with E-state index in [1.54, 1.807) is 12.1 Å². The molecule has 0 spiro atoms. The van der Waals surface area contributed by atoms with Crippen molar-refractivity contribution in [3.05, 3.63) is 35.6 Å². The predicted molar refractivity (Wildman–Crippen MR) is 98.0 cm³/mol. The van der Waals surface area contributed by atoms with Crippen molar-refractivity contribution in [2.24, 2.45) is 0 Å². The van der Waals surface area contributed by atoms with Gasteiger partial charge in [0, 0.05) is 38.5 Å². The van der Waals surface area contributed by atoms with Crippen LogP contribution < -0.4 is 0 Å². The van der Waals surface area contributed by atoms with Gasteiger partial charge in [-0.15, -0.1) is 0 Å². The van der Waals surface area contributed by atoms with Gasteiger partial charge in [0.2, 0.25) is 15.9 Å². The largest absolute Gasteiger partial charge is 0.374 e. The van der Waals surface area contributed by atoms with Gasteiger partial charge >= 0.3 is 0 Å². The Bertz CT molecular complexity index is 810. The number of hydrogen-bond donors (Lipinski definition) is 0. The number of hydrogen-bond acceptors (Lipinski definition) is 4. The zero-order valence-electron chi connectivity index (χ0n) is 15.6. The molecule has 28 heavy (non-hydrogen) atoms. The summed E-state index contributed by atoms with van der Waals surface area (Å²) in [5, 5.41) is 0. The van der Waals surface area contributed by atoms with E-state index in [1.807, 2.05) is 0 Å². The lowest BCUT2D eigenvalue weighted by Crippen LogP contribution is -2.46. The van der Waals surface area contributed by atoms with Crippen molar-refractivity contribution < 1.29 is 26.3 Å². The SMILES string of the molecule is O=S1(=O)CCO[C@H]2CN(C3CCC(F)(F)CC3)C[C@H]2N1Cc1cccc(F)c1. The van der Waals surface area contributed by atoms with E-state index in [0.717, 1.165) is 0 Å². The third-order valence-corrected chi connectivity index (χ3v) is 7.89. The monoisotopic (exact) mass is 418 g/mol. The van der Waals surface area contributed by atoms with Crippen molar-refractivity contribution in [3.8, 4) is 0 Å². The van der Waals surface area contributed by atoms with E-state index in [9.17, 15) is 21.6 Å². The maximum absolute atomic E-state index is 13.6. The fraction of sp³-hybridized carbons (Fsp3) is 0.684. The summed E-state index contributed by atoms with van der Waals surface area (Å²) in [7, 11) is -3.56. The van der Waals surface area contributed by atoms with Gasteiger partial charge in [-0.25, -0.2) is 21.6 Å². The molecule has 1 aromatic rings. The number of fused-ring (bicyclic) bond motifs is 1. The van der Waals surface area contributed by atoms with E-state index in [1.165, 1.54) is 16.4 Å². The third-order valence-electron chi connectivity index (χ3n) is 6.10. The van der Waals surface area contributed by atoms with E-state index in [2.05, 4.69) is 4.90 Å². The van der Waals surface area contributed by atoms with Gasteiger partial charge in [-0.3, -0.25) is 4.90 Å². The molecule has 2 saturated heterocycles. The lowest BCUT2D eigenvalue weighted by molar-refractivity contribution is -0.0529. The first-order chi connectivity index (χ1) is 13.2. The smallest absolute Gasteiger partial charge is 0.248 e. The zero-order chi connectivity index (χ0) is 19.9. The van der Waals surface area contributed by atoms with Crippen molar-refractivity contribution in [3.63, 3.8) is 0 Å². The minimum Gasteiger partial charge on any atom is -0.374 e. The fourth-order valence-electron chi connectivity index (χ4n) is 4.57. The standard InChI is InChI=1S/C19H25F3N2O3S/c20-15-3-1-2-14(10-15)11-24-17-12-23(16-4-6-19(21,22)7-5-16)13-18(17)27-8-9-28(24,25)26/h1-3,10,16-18H,4-9,11-13H2/t17-,18+/m1/s1. The molecule has 156 valence electrons. The first-order valence-electron chi connectivity index (χ1n) is 9.71. The lowest BCUT2D eigenvalue weighted by Gasteiger charge is -2.35. The van der Waals surface area contributed by atoms with Crippen LogP contribution >= 0.6 is 0 Å². The molecule has 5 nitrogen and oxygen atoms in total. The predicted octanol–water partition coefficient (Wildman–Crippen LogP) is 2.62. The minimum absolute atomic E-state index is 0.0221. The third kappa shape index (κ3) is 4.22. The lowest BCUT2D eigenvalue weighted by atomic mass is 9.91. The summed E-state index contributed by atoms with van der Waals surface area (Å²) in [4.78, 5) is 2.10. The number of alkyl halides is 2. The van der Waals surface area contributed by atoms with Crippen LogP contribution in [0.1, 0.15) is 31.2 Å². The summed E-state index contributed by atoms with van der Waals surface area (Å²) in [6, 6.07) is 5.56. The molecule has 1 aromatic carbocycles. The number of rotatable bonds is 3. The number of benzene rings is 1. The van der Waals surface area contributed by atoms with Crippen molar-refractivity contribution >= 4 is 10.0 Å². The number of ether oxygens (including phenoxy) is 1. The van der Waals surface area contributed by atoms with Crippen LogP contribution in [0, 0.1) is 5.82 Å². The normalized spacial score (nSPS) is 31.4.